The van der Waals surface area contributed by atoms with Crippen LogP contribution in [-0.2, 0) is 11.2 Å². The first kappa shape index (κ1) is 13.3. The highest BCUT2D eigenvalue weighted by atomic mass is 19.1. The number of phenols is 1. The third-order valence-electron chi connectivity index (χ3n) is 2.55. The maximum atomic E-state index is 13.6. The van der Waals surface area contributed by atoms with Crippen LogP contribution >= 0.6 is 0 Å². The molecule has 0 aliphatic rings. The number of methoxy groups -OCH3 is 1. The van der Waals surface area contributed by atoms with Crippen LogP contribution in [0.2, 0.25) is 0 Å². The number of rotatable bonds is 4. The lowest BCUT2D eigenvalue weighted by atomic mass is 9.85. The second kappa shape index (κ2) is 4.61. The molecular formula is C12H15FO4. The first-order chi connectivity index (χ1) is 7.77. The van der Waals surface area contributed by atoms with Gasteiger partial charge in [0.2, 0.25) is 0 Å². The van der Waals surface area contributed by atoms with Gasteiger partial charge in [0.1, 0.15) is 5.75 Å². The lowest BCUT2D eigenvalue weighted by molar-refractivity contribution is -0.146. The molecule has 94 valence electrons. The van der Waals surface area contributed by atoms with Gasteiger partial charge >= 0.3 is 5.97 Å². The minimum absolute atomic E-state index is 0.0288. The second-order valence-electron chi connectivity index (χ2n) is 4.49. The van der Waals surface area contributed by atoms with E-state index in [1.165, 1.54) is 27.0 Å². The van der Waals surface area contributed by atoms with Gasteiger partial charge < -0.3 is 14.9 Å². The van der Waals surface area contributed by atoms with Crippen molar-refractivity contribution in [2.24, 2.45) is 5.41 Å². The highest BCUT2D eigenvalue weighted by Crippen LogP contribution is 2.31. The molecule has 4 nitrogen and oxygen atoms in total. The highest BCUT2D eigenvalue weighted by Gasteiger charge is 2.29. The fourth-order valence-corrected chi connectivity index (χ4v) is 1.44. The Morgan fingerprint density at radius 3 is 2.53 bits per heavy atom. The van der Waals surface area contributed by atoms with Crippen molar-refractivity contribution in [3.63, 3.8) is 0 Å². The number of hydrogen-bond acceptors (Lipinski definition) is 3. The van der Waals surface area contributed by atoms with Crippen molar-refractivity contribution < 1.29 is 24.1 Å². The van der Waals surface area contributed by atoms with E-state index >= 15 is 0 Å². The van der Waals surface area contributed by atoms with E-state index < -0.39 is 23.0 Å². The molecule has 2 N–H and O–H groups in total. The van der Waals surface area contributed by atoms with E-state index in [0.717, 1.165) is 6.07 Å². The average Bonchev–Trinajstić information content (AvgIpc) is 2.23. The Balaban J connectivity index is 3.14. The highest BCUT2D eigenvalue weighted by molar-refractivity contribution is 5.74. The minimum Gasteiger partial charge on any atom is -0.505 e. The van der Waals surface area contributed by atoms with Crippen molar-refractivity contribution in [3.8, 4) is 11.5 Å². The van der Waals surface area contributed by atoms with Gasteiger partial charge in [-0.2, -0.15) is 0 Å². The number of aliphatic carboxylic acids is 1. The van der Waals surface area contributed by atoms with Crippen LogP contribution in [0.5, 0.6) is 11.5 Å². The number of carbonyl (C=O) groups is 1. The molecule has 0 heterocycles. The molecule has 0 aromatic heterocycles. The Hall–Kier alpha value is -1.78. The summed E-state index contributed by atoms with van der Waals surface area (Å²) < 4.78 is 18.5. The van der Waals surface area contributed by atoms with Crippen LogP contribution in [0, 0.1) is 11.2 Å². The molecule has 0 spiro atoms. The molecule has 0 aliphatic heterocycles. The van der Waals surface area contributed by atoms with Crippen molar-refractivity contribution in [1.82, 2.24) is 0 Å². The molecule has 0 fully saturated rings. The summed E-state index contributed by atoms with van der Waals surface area (Å²) in [5.74, 6) is -2.08. The van der Waals surface area contributed by atoms with Gasteiger partial charge in [0.25, 0.3) is 0 Å². The molecule has 0 unspecified atom stereocenters. The molecule has 1 rings (SSSR count). The molecule has 17 heavy (non-hydrogen) atoms. The van der Waals surface area contributed by atoms with Crippen molar-refractivity contribution in [3.05, 3.63) is 23.5 Å². The molecule has 0 saturated heterocycles. The average molecular weight is 242 g/mol. The number of ether oxygens (including phenoxy) is 1. The van der Waals surface area contributed by atoms with E-state index in [2.05, 4.69) is 0 Å². The Labute approximate surface area is 98.7 Å². The summed E-state index contributed by atoms with van der Waals surface area (Å²) in [5, 5.41) is 18.3. The molecule has 0 bridgehead atoms. The standard InChI is InChI=1S/C12H15FO4/c1-12(2,11(15)16)6-7-4-8(17-3)5-9(14)10(7)13/h4-5,14H,6H2,1-3H3,(H,15,16). The summed E-state index contributed by atoms with van der Waals surface area (Å²) >= 11 is 0. The van der Waals surface area contributed by atoms with E-state index in [9.17, 15) is 14.3 Å². The lowest BCUT2D eigenvalue weighted by Crippen LogP contribution is -2.26. The number of benzene rings is 1. The smallest absolute Gasteiger partial charge is 0.309 e. The van der Waals surface area contributed by atoms with Gasteiger partial charge in [-0.05, 0) is 31.9 Å². The topological polar surface area (TPSA) is 66.8 Å². The molecule has 0 atom stereocenters. The largest absolute Gasteiger partial charge is 0.505 e. The third-order valence-corrected chi connectivity index (χ3v) is 2.55. The Kier molecular flexibility index (Phi) is 3.60. The molecule has 0 radical (unpaired) electrons. The van der Waals surface area contributed by atoms with Crippen LogP contribution in [0.3, 0.4) is 0 Å². The van der Waals surface area contributed by atoms with Gasteiger partial charge in [0, 0.05) is 6.07 Å². The Morgan fingerprint density at radius 2 is 2.06 bits per heavy atom. The third kappa shape index (κ3) is 2.87. The lowest BCUT2D eigenvalue weighted by Gasteiger charge is -2.20. The van der Waals surface area contributed by atoms with Crippen molar-refractivity contribution in [2.45, 2.75) is 20.3 Å². The number of aromatic hydroxyl groups is 1. The number of phenolic OH excluding ortho intramolecular Hbond substituents is 1. The molecule has 0 saturated carbocycles. The second-order valence-corrected chi connectivity index (χ2v) is 4.49. The van der Waals surface area contributed by atoms with Crippen molar-refractivity contribution >= 4 is 5.97 Å². The zero-order valence-corrected chi connectivity index (χ0v) is 9.95. The van der Waals surface area contributed by atoms with E-state index in [1.54, 1.807) is 0 Å². The van der Waals surface area contributed by atoms with E-state index in [4.69, 9.17) is 9.84 Å². The quantitative estimate of drug-likeness (QED) is 0.849. The number of halogens is 1. The minimum atomic E-state index is -1.11. The van der Waals surface area contributed by atoms with E-state index in [-0.39, 0.29) is 12.0 Å². The van der Waals surface area contributed by atoms with Crippen LogP contribution in [0.4, 0.5) is 4.39 Å². The summed E-state index contributed by atoms with van der Waals surface area (Å²) in [6, 6.07) is 2.53. The Bertz CT molecular complexity index is 440. The maximum Gasteiger partial charge on any atom is 0.309 e. The number of carboxylic acids is 1. The summed E-state index contributed by atoms with van der Waals surface area (Å²) in [4.78, 5) is 11.0. The van der Waals surface area contributed by atoms with Gasteiger partial charge in [0.05, 0.1) is 12.5 Å². The Morgan fingerprint density at radius 1 is 1.47 bits per heavy atom. The normalized spacial score (nSPS) is 11.3. The summed E-state index contributed by atoms with van der Waals surface area (Å²) in [6.07, 6.45) is -0.0288. The SMILES string of the molecule is COc1cc(O)c(F)c(CC(C)(C)C(=O)O)c1. The van der Waals surface area contributed by atoms with Crippen molar-refractivity contribution in [2.75, 3.05) is 7.11 Å². The van der Waals surface area contributed by atoms with Crippen LogP contribution in [0.15, 0.2) is 12.1 Å². The summed E-state index contributed by atoms with van der Waals surface area (Å²) in [5.41, 5.74) is -0.992. The van der Waals surface area contributed by atoms with Gasteiger partial charge in [-0.15, -0.1) is 0 Å². The summed E-state index contributed by atoms with van der Waals surface area (Å²) in [6.45, 7) is 2.98. The molecule has 1 aromatic carbocycles. The van der Waals surface area contributed by atoms with Gasteiger partial charge in [0.15, 0.2) is 11.6 Å². The molecular weight excluding hydrogens is 227 g/mol. The zero-order chi connectivity index (χ0) is 13.2. The predicted octanol–water partition coefficient (Wildman–Crippen LogP) is 2.19. The zero-order valence-electron chi connectivity index (χ0n) is 9.95. The van der Waals surface area contributed by atoms with Crippen LogP contribution in [0.1, 0.15) is 19.4 Å². The number of hydrogen-bond donors (Lipinski definition) is 2. The van der Waals surface area contributed by atoms with Gasteiger partial charge in [-0.1, -0.05) is 0 Å². The number of carboxylic acid groups (broad SMARTS) is 1. The van der Waals surface area contributed by atoms with Gasteiger partial charge in [-0.3, -0.25) is 4.79 Å². The fraction of sp³-hybridized carbons (Fsp3) is 0.417. The van der Waals surface area contributed by atoms with Crippen molar-refractivity contribution in [1.29, 1.82) is 0 Å². The van der Waals surface area contributed by atoms with E-state index in [0.29, 0.717) is 5.75 Å². The molecule has 0 amide bonds. The maximum absolute atomic E-state index is 13.6. The van der Waals surface area contributed by atoms with Crippen LogP contribution < -0.4 is 4.74 Å². The molecule has 5 heteroatoms. The monoisotopic (exact) mass is 242 g/mol. The first-order valence-corrected chi connectivity index (χ1v) is 5.06. The van der Waals surface area contributed by atoms with Crippen LogP contribution in [-0.4, -0.2) is 23.3 Å². The fourth-order valence-electron chi connectivity index (χ4n) is 1.44. The first-order valence-electron chi connectivity index (χ1n) is 5.06. The van der Waals surface area contributed by atoms with Gasteiger partial charge in [-0.25, -0.2) is 4.39 Å². The van der Waals surface area contributed by atoms with Crippen LogP contribution in [0.25, 0.3) is 0 Å². The molecule has 0 aliphatic carbocycles. The summed E-state index contributed by atoms with van der Waals surface area (Å²) in [7, 11) is 1.39. The predicted molar refractivity (Wildman–Crippen MR) is 59.7 cm³/mol. The molecule has 1 aromatic rings. The van der Waals surface area contributed by atoms with E-state index in [1.807, 2.05) is 0 Å².